The van der Waals surface area contributed by atoms with Crippen LogP contribution >= 0.6 is 0 Å². The Bertz CT molecular complexity index is 624. The zero-order valence-electron chi connectivity index (χ0n) is 10.4. The van der Waals surface area contributed by atoms with Crippen LogP contribution in [0, 0.1) is 17.7 Å². The van der Waals surface area contributed by atoms with Crippen LogP contribution in [0.4, 0.5) is 13.2 Å². The number of rotatable bonds is 2. The fourth-order valence-corrected chi connectivity index (χ4v) is 1.60. The van der Waals surface area contributed by atoms with Crippen molar-refractivity contribution in [2.75, 3.05) is 0 Å². The minimum atomic E-state index is -3.62. The Morgan fingerprint density at radius 2 is 1.55 bits per heavy atom. The van der Waals surface area contributed by atoms with Crippen LogP contribution in [0.5, 0.6) is 0 Å². The molecule has 0 aromatic heterocycles. The fourth-order valence-electron chi connectivity index (χ4n) is 1.60. The number of aliphatic hydroxyl groups is 1. The normalized spacial score (nSPS) is 12.4. The molecule has 2 aromatic rings. The highest BCUT2D eigenvalue weighted by atomic mass is 19.3. The third kappa shape index (κ3) is 3.40. The lowest BCUT2D eigenvalue weighted by Gasteiger charge is -2.17. The van der Waals surface area contributed by atoms with Gasteiger partial charge in [-0.3, -0.25) is 0 Å². The summed E-state index contributed by atoms with van der Waals surface area (Å²) in [4.78, 5) is 0. The molecule has 1 nitrogen and oxygen atoms in total. The van der Waals surface area contributed by atoms with Crippen molar-refractivity contribution in [1.82, 2.24) is 0 Å². The van der Waals surface area contributed by atoms with Gasteiger partial charge in [0.05, 0.1) is 0 Å². The molecule has 2 rings (SSSR count). The minimum Gasteiger partial charge on any atom is -0.381 e. The molecule has 2 aromatic carbocycles. The third-order valence-corrected chi connectivity index (χ3v) is 2.68. The van der Waals surface area contributed by atoms with Gasteiger partial charge in [-0.15, -0.1) is 0 Å². The van der Waals surface area contributed by atoms with Crippen molar-refractivity contribution in [2.24, 2.45) is 0 Å². The van der Waals surface area contributed by atoms with Gasteiger partial charge in [0.15, 0.2) is 6.10 Å². The van der Waals surface area contributed by atoms with Gasteiger partial charge in [-0.1, -0.05) is 36.3 Å². The van der Waals surface area contributed by atoms with Crippen LogP contribution in [0.1, 0.15) is 17.2 Å². The molecular weight excluding hydrogens is 265 g/mol. The van der Waals surface area contributed by atoms with E-state index in [0.29, 0.717) is 5.56 Å². The zero-order valence-corrected chi connectivity index (χ0v) is 10.4. The van der Waals surface area contributed by atoms with Gasteiger partial charge in [-0.25, -0.2) is 4.39 Å². The summed E-state index contributed by atoms with van der Waals surface area (Å²) in [6.45, 7) is 0. The maximum Gasteiger partial charge on any atom is 0.337 e. The molecule has 1 atom stereocenters. The number of hydrogen-bond donors (Lipinski definition) is 1. The summed E-state index contributed by atoms with van der Waals surface area (Å²) in [7, 11) is 0. The van der Waals surface area contributed by atoms with Crippen LogP contribution in [0.2, 0.25) is 0 Å². The van der Waals surface area contributed by atoms with Crippen LogP contribution in [-0.2, 0) is 0 Å². The van der Waals surface area contributed by atoms with Gasteiger partial charge in [0.25, 0.3) is 0 Å². The van der Waals surface area contributed by atoms with Crippen LogP contribution in [0.25, 0.3) is 0 Å². The van der Waals surface area contributed by atoms with Gasteiger partial charge in [0.2, 0.25) is 0 Å². The van der Waals surface area contributed by atoms with Gasteiger partial charge in [-0.05, 0) is 35.7 Å². The van der Waals surface area contributed by atoms with Crippen molar-refractivity contribution in [3.8, 4) is 11.8 Å². The van der Waals surface area contributed by atoms with Crippen molar-refractivity contribution in [3.63, 3.8) is 0 Å². The van der Waals surface area contributed by atoms with Gasteiger partial charge in [0, 0.05) is 5.56 Å². The Morgan fingerprint density at radius 1 is 0.950 bits per heavy atom. The van der Waals surface area contributed by atoms with E-state index >= 15 is 0 Å². The molecule has 0 aliphatic rings. The molecule has 0 radical (unpaired) electrons. The van der Waals surface area contributed by atoms with Gasteiger partial charge < -0.3 is 5.11 Å². The smallest absolute Gasteiger partial charge is 0.337 e. The summed E-state index contributed by atoms with van der Waals surface area (Å²) in [6.07, 6.45) is -2.10. The Balaban J connectivity index is 2.22. The number of aliphatic hydroxyl groups excluding tert-OH is 1. The highest BCUT2D eigenvalue weighted by molar-refractivity contribution is 5.36. The van der Waals surface area contributed by atoms with Crippen LogP contribution < -0.4 is 0 Å². The number of halogens is 3. The van der Waals surface area contributed by atoms with Crippen molar-refractivity contribution in [3.05, 3.63) is 71.5 Å². The van der Waals surface area contributed by atoms with E-state index in [4.69, 9.17) is 0 Å². The molecule has 0 spiro atoms. The highest BCUT2D eigenvalue weighted by Gasteiger charge is 2.37. The molecule has 4 heteroatoms. The van der Waals surface area contributed by atoms with E-state index in [-0.39, 0.29) is 5.56 Å². The monoisotopic (exact) mass is 276 g/mol. The first-order valence-electron chi connectivity index (χ1n) is 5.88. The first-order chi connectivity index (χ1) is 9.49. The largest absolute Gasteiger partial charge is 0.381 e. The van der Waals surface area contributed by atoms with Crippen LogP contribution in [0.15, 0.2) is 54.6 Å². The van der Waals surface area contributed by atoms with Crippen LogP contribution in [0.3, 0.4) is 0 Å². The number of hydrogen-bond acceptors (Lipinski definition) is 1. The Kier molecular flexibility index (Phi) is 4.11. The summed E-state index contributed by atoms with van der Waals surface area (Å²) in [5, 5.41) is 9.64. The lowest BCUT2D eigenvalue weighted by atomic mass is 10.0. The molecule has 0 saturated carbocycles. The quantitative estimate of drug-likeness (QED) is 0.832. The summed E-state index contributed by atoms with van der Waals surface area (Å²) in [5.41, 5.74) is 0.345. The fraction of sp³-hybridized carbons (Fsp3) is 0.125. The standard InChI is InChI=1S/C16H11F3O/c17-14-8-6-13(7-9-14)15(20)16(18,19)11-10-12-4-2-1-3-5-12/h1-9,15,20H. The average molecular weight is 276 g/mol. The average Bonchev–Trinajstić information content (AvgIpc) is 2.46. The maximum atomic E-state index is 13.8. The van der Waals surface area contributed by atoms with Crippen molar-refractivity contribution >= 4 is 0 Å². The molecule has 0 bridgehead atoms. The molecule has 0 aliphatic carbocycles. The highest BCUT2D eigenvalue weighted by Crippen LogP contribution is 2.30. The number of alkyl halides is 2. The second-order valence-corrected chi connectivity index (χ2v) is 4.19. The molecule has 20 heavy (non-hydrogen) atoms. The van der Waals surface area contributed by atoms with Gasteiger partial charge in [-0.2, -0.15) is 8.78 Å². The summed E-state index contributed by atoms with van der Waals surface area (Å²) in [5.74, 6) is -0.0993. The first kappa shape index (κ1) is 14.2. The molecule has 0 heterocycles. The molecule has 0 amide bonds. The second-order valence-electron chi connectivity index (χ2n) is 4.19. The van der Waals surface area contributed by atoms with Crippen molar-refractivity contribution in [1.29, 1.82) is 0 Å². The predicted molar refractivity (Wildman–Crippen MR) is 69.6 cm³/mol. The molecule has 102 valence electrons. The van der Waals surface area contributed by atoms with Gasteiger partial charge >= 0.3 is 5.92 Å². The van der Waals surface area contributed by atoms with E-state index in [1.54, 1.807) is 36.3 Å². The lowest BCUT2D eigenvalue weighted by Crippen LogP contribution is -2.24. The second kappa shape index (κ2) is 5.81. The van der Waals surface area contributed by atoms with E-state index in [2.05, 4.69) is 5.92 Å². The Morgan fingerprint density at radius 3 is 2.15 bits per heavy atom. The molecule has 1 unspecified atom stereocenters. The molecule has 0 saturated heterocycles. The van der Waals surface area contributed by atoms with Crippen LogP contribution in [-0.4, -0.2) is 11.0 Å². The molecule has 0 aliphatic heterocycles. The first-order valence-corrected chi connectivity index (χ1v) is 5.88. The molecular formula is C16H11F3O. The Labute approximate surface area is 114 Å². The van der Waals surface area contributed by atoms with E-state index < -0.39 is 17.8 Å². The molecule has 1 N–H and O–H groups in total. The van der Waals surface area contributed by atoms with Crippen molar-refractivity contribution < 1.29 is 18.3 Å². The lowest BCUT2D eigenvalue weighted by molar-refractivity contribution is -0.0636. The summed E-state index contributed by atoms with van der Waals surface area (Å²) >= 11 is 0. The van der Waals surface area contributed by atoms with Crippen molar-refractivity contribution in [2.45, 2.75) is 12.0 Å². The topological polar surface area (TPSA) is 20.2 Å². The summed E-state index contributed by atoms with van der Waals surface area (Å²) in [6, 6.07) is 12.5. The number of benzene rings is 2. The van der Waals surface area contributed by atoms with E-state index in [9.17, 15) is 18.3 Å². The SMILES string of the molecule is OC(c1ccc(F)cc1)C(F)(F)C#Cc1ccccc1. The third-order valence-electron chi connectivity index (χ3n) is 2.68. The van der Waals surface area contributed by atoms with E-state index in [1.807, 2.05) is 0 Å². The Hall–Kier alpha value is -2.25. The van der Waals surface area contributed by atoms with E-state index in [0.717, 1.165) is 24.3 Å². The maximum absolute atomic E-state index is 13.8. The van der Waals surface area contributed by atoms with Gasteiger partial charge in [0.1, 0.15) is 5.82 Å². The zero-order chi connectivity index (χ0) is 14.6. The minimum absolute atomic E-state index is 0.0845. The van der Waals surface area contributed by atoms with E-state index in [1.165, 1.54) is 0 Å². The predicted octanol–water partition coefficient (Wildman–Crippen LogP) is 3.55. The summed E-state index contributed by atoms with van der Waals surface area (Å²) < 4.78 is 40.3. The molecule has 0 fully saturated rings.